The van der Waals surface area contributed by atoms with E-state index in [0.29, 0.717) is 0 Å². The van der Waals surface area contributed by atoms with Crippen LogP contribution in [0.3, 0.4) is 0 Å². The van der Waals surface area contributed by atoms with Gasteiger partial charge in [-0.1, -0.05) is 6.92 Å². The molecule has 12 heavy (non-hydrogen) atoms. The molecule has 0 spiro atoms. The van der Waals surface area contributed by atoms with Crippen LogP contribution >= 0.6 is 0 Å². The standard InChI is InChI=1S/C9H15N3/c1-3-8(2)11-12-9-4-6-10-7-5-9/h4-6,10,12H,3,7H2,1-2H3. The molecular formula is C9H15N3. The molecular weight excluding hydrogens is 150 g/mol. The highest BCUT2D eigenvalue weighted by molar-refractivity contribution is 5.81. The van der Waals surface area contributed by atoms with Crippen LogP contribution < -0.4 is 10.7 Å². The van der Waals surface area contributed by atoms with Gasteiger partial charge in [-0.25, -0.2) is 0 Å². The fourth-order valence-corrected chi connectivity index (χ4v) is 0.776. The van der Waals surface area contributed by atoms with Gasteiger partial charge in [0, 0.05) is 12.3 Å². The number of nitrogens with one attached hydrogen (secondary N) is 2. The van der Waals surface area contributed by atoms with Gasteiger partial charge in [-0.3, -0.25) is 5.43 Å². The fourth-order valence-electron chi connectivity index (χ4n) is 0.776. The minimum Gasteiger partial charge on any atom is -0.387 e. The van der Waals surface area contributed by atoms with Crippen molar-refractivity contribution >= 4 is 5.71 Å². The summed E-state index contributed by atoms with van der Waals surface area (Å²) in [6.07, 6.45) is 6.93. The molecule has 1 aliphatic rings. The van der Waals surface area contributed by atoms with Crippen molar-refractivity contribution in [2.24, 2.45) is 5.10 Å². The first-order valence-electron chi connectivity index (χ1n) is 4.22. The second kappa shape index (κ2) is 4.59. The van der Waals surface area contributed by atoms with Gasteiger partial charge in [0.15, 0.2) is 0 Å². The Labute approximate surface area is 73.2 Å². The third kappa shape index (κ3) is 2.78. The zero-order chi connectivity index (χ0) is 8.81. The summed E-state index contributed by atoms with van der Waals surface area (Å²) < 4.78 is 0. The Hall–Kier alpha value is -1.25. The SMILES string of the molecule is CCC(C)=NNC1=CCNC=C1. The lowest BCUT2D eigenvalue weighted by Crippen LogP contribution is -2.15. The predicted octanol–water partition coefficient (Wildman–Crippen LogP) is 1.36. The summed E-state index contributed by atoms with van der Waals surface area (Å²) in [6.45, 7) is 4.98. The van der Waals surface area contributed by atoms with E-state index in [4.69, 9.17) is 0 Å². The molecule has 0 amide bonds. The van der Waals surface area contributed by atoms with E-state index in [9.17, 15) is 0 Å². The van der Waals surface area contributed by atoms with Gasteiger partial charge in [-0.05, 0) is 31.7 Å². The Kier molecular flexibility index (Phi) is 3.38. The molecule has 0 aromatic heterocycles. The fraction of sp³-hybridized carbons (Fsp3) is 0.444. The summed E-state index contributed by atoms with van der Waals surface area (Å²) in [5, 5.41) is 7.26. The van der Waals surface area contributed by atoms with Gasteiger partial charge in [0.1, 0.15) is 0 Å². The maximum Gasteiger partial charge on any atom is 0.0553 e. The van der Waals surface area contributed by atoms with Crippen LogP contribution in [0, 0.1) is 0 Å². The summed E-state index contributed by atoms with van der Waals surface area (Å²) in [7, 11) is 0. The molecule has 0 saturated carbocycles. The molecule has 0 saturated heterocycles. The molecule has 0 fully saturated rings. The Morgan fingerprint density at radius 1 is 1.75 bits per heavy atom. The Morgan fingerprint density at radius 3 is 3.17 bits per heavy atom. The summed E-state index contributed by atoms with van der Waals surface area (Å²) in [5.74, 6) is 0. The van der Waals surface area contributed by atoms with Crippen molar-refractivity contribution < 1.29 is 0 Å². The number of hydrogen-bond acceptors (Lipinski definition) is 3. The number of hydrogen-bond donors (Lipinski definition) is 2. The highest BCUT2D eigenvalue weighted by atomic mass is 15.3. The average molecular weight is 165 g/mol. The number of hydrazone groups is 1. The topological polar surface area (TPSA) is 36.4 Å². The number of nitrogens with zero attached hydrogens (tertiary/aromatic N) is 1. The van der Waals surface area contributed by atoms with Crippen LogP contribution in [0.2, 0.25) is 0 Å². The summed E-state index contributed by atoms with van der Waals surface area (Å²) >= 11 is 0. The predicted molar refractivity (Wildman–Crippen MR) is 51.8 cm³/mol. The molecule has 3 nitrogen and oxygen atoms in total. The highest BCUT2D eigenvalue weighted by Gasteiger charge is 1.93. The zero-order valence-corrected chi connectivity index (χ0v) is 7.59. The highest BCUT2D eigenvalue weighted by Crippen LogP contribution is 1.95. The smallest absolute Gasteiger partial charge is 0.0553 e. The molecule has 0 radical (unpaired) electrons. The minimum atomic E-state index is 0.875. The van der Waals surface area contributed by atoms with Crippen LogP contribution in [0.25, 0.3) is 0 Å². The number of dihydropyridines is 1. The van der Waals surface area contributed by atoms with Crippen molar-refractivity contribution in [3.8, 4) is 0 Å². The second-order valence-electron chi connectivity index (χ2n) is 2.71. The molecule has 0 bridgehead atoms. The van der Waals surface area contributed by atoms with E-state index in [2.05, 4.69) is 28.8 Å². The van der Waals surface area contributed by atoms with Crippen LogP contribution in [0.1, 0.15) is 20.3 Å². The quantitative estimate of drug-likeness (QED) is 0.489. The molecule has 66 valence electrons. The van der Waals surface area contributed by atoms with Gasteiger partial charge in [-0.15, -0.1) is 0 Å². The molecule has 3 heteroatoms. The van der Waals surface area contributed by atoms with Crippen molar-refractivity contribution in [3.63, 3.8) is 0 Å². The van der Waals surface area contributed by atoms with E-state index in [1.54, 1.807) is 0 Å². The van der Waals surface area contributed by atoms with Crippen molar-refractivity contribution in [2.45, 2.75) is 20.3 Å². The average Bonchev–Trinajstić information content (AvgIpc) is 2.16. The molecule has 0 aliphatic carbocycles. The summed E-state index contributed by atoms with van der Waals surface area (Å²) in [5.41, 5.74) is 5.17. The first-order valence-corrected chi connectivity index (χ1v) is 4.22. The van der Waals surface area contributed by atoms with E-state index in [0.717, 1.165) is 24.4 Å². The van der Waals surface area contributed by atoms with Gasteiger partial charge in [0.25, 0.3) is 0 Å². The van der Waals surface area contributed by atoms with Crippen molar-refractivity contribution in [2.75, 3.05) is 6.54 Å². The van der Waals surface area contributed by atoms with E-state index in [1.165, 1.54) is 0 Å². The van der Waals surface area contributed by atoms with E-state index in [1.807, 2.05) is 19.2 Å². The van der Waals surface area contributed by atoms with Crippen molar-refractivity contribution in [3.05, 3.63) is 24.0 Å². The van der Waals surface area contributed by atoms with Crippen LogP contribution in [-0.2, 0) is 0 Å². The largest absolute Gasteiger partial charge is 0.387 e. The normalized spacial score (nSPS) is 16.8. The van der Waals surface area contributed by atoms with Gasteiger partial charge in [0.05, 0.1) is 5.70 Å². The van der Waals surface area contributed by atoms with Crippen LogP contribution in [-0.4, -0.2) is 12.3 Å². The third-order valence-corrected chi connectivity index (χ3v) is 1.71. The molecule has 0 aromatic carbocycles. The molecule has 2 N–H and O–H groups in total. The summed E-state index contributed by atoms with van der Waals surface area (Å²) in [6, 6.07) is 0. The van der Waals surface area contributed by atoms with Gasteiger partial charge >= 0.3 is 0 Å². The molecule has 0 atom stereocenters. The molecule has 1 heterocycles. The zero-order valence-electron chi connectivity index (χ0n) is 7.59. The Balaban J connectivity index is 2.41. The van der Waals surface area contributed by atoms with Gasteiger partial charge in [-0.2, -0.15) is 5.10 Å². The Morgan fingerprint density at radius 2 is 2.58 bits per heavy atom. The summed E-state index contributed by atoms with van der Waals surface area (Å²) in [4.78, 5) is 0. The monoisotopic (exact) mass is 165 g/mol. The van der Waals surface area contributed by atoms with E-state index < -0.39 is 0 Å². The van der Waals surface area contributed by atoms with Crippen LogP contribution in [0.15, 0.2) is 29.2 Å². The molecule has 1 rings (SSSR count). The third-order valence-electron chi connectivity index (χ3n) is 1.71. The lowest BCUT2D eigenvalue weighted by molar-refractivity contribution is 0.858. The van der Waals surface area contributed by atoms with Crippen molar-refractivity contribution in [1.29, 1.82) is 0 Å². The van der Waals surface area contributed by atoms with Crippen LogP contribution in [0.5, 0.6) is 0 Å². The van der Waals surface area contributed by atoms with E-state index >= 15 is 0 Å². The molecule has 0 unspecified atom stereocenters. The second-order valence-corrected chi connectivity index (χ2v) is 2.71. The lowest BCUT2D eigenvalue weighted by atomic mass is 10.3. The molecule has 0 aromatic rings. The van der Waals surface area contributed by atoms with Gasteiger partial charge < -0.3 is 5.32 Å². The number of allylic oxidation sites excluding steroid dienone is 1. The lowest BCUT2D eigenvalue weighted by Gasteiger charge is -2.07. The Bertz CT molecular complexity index is 226. The van der Waals surface area contributed by atoms with E-state index in [-0.39, 0.29) is 0 Å². The molecule has 1 aliphatic heterocycles. The number of rotatable bonds is 3. The first-order chi connectivity index (χ1) is 5.83. The van der Waals surface area contributed by atoms with Crippen molar-refractivity contribution in [1.82, 2.24) is 10.7 Å². The first kappa shape index (κ1) is 8.84. The minimum absolute atomic E-state index is 0.875. The van der Waals surface area contributed by atoms with Gasteiger partial charge in [0.2, 0.25) is 0 Å². The van der Waals surface area contributed by atoms with Crippen LogP contribution in [0.4, 0.5) is 0 Å². The maximum atomic E-state index is 4.19. The maximum absolute atomic E-state index is 4.19.